The number of fused-ring (bicyclic) bond motifs is 1. The lowest BCUT2D eigenvalue weighted by atomic mass is 10.1. The van der Waals surface area contributed by atoms with Gasteiger partial charge in [0.25, 0.3) is 0 Å². The van der Waals surface area contributed by atoms with Gasteiger partial charge in [-0.2, -0.15) is 0 Å². The first-order valence-electron chi connectivity index (χ1n) is 8.78. The lowest BCUT2D eigenvalue weighted by Gasteiger charge is -2.36. The molecule has 2 aromatic rings. The van der Waals surface area contributed by atoms with Crippen LogP contribution in [0.3, 0.4) is 0 Å². The number of benzene rings is 1. The Morgan fingerprint density at radius 2 is 1.96 bits per heavy atom. The van der Waals surface area contributed by atoms with Crippen LogP contribution in [0.1, 0.15) is 18.4 Å². The number of carbonyl (C=O) groups is 3. The average Bonchev–Trinajstić information content (AvgIpc) is 3.29. The van der Waals surface area contributed by atoms with Crippen molar-refractivity contribution in [2.45, 2.75) is 25.3 Å². The van der Waals surface area contributed by atoms with Crippen LogP contribution in [0, 0.1) is 0 Å². The smallest absolute Gasteiger partial charge is 0.245 e. The normalized spacial score (nSPS) is 20.5. The average molecular weight is 356 g/mol. The van der Waals surface area contributed by atoms with Crippen LogP contribution < -0.4 is 5.32 Å². The molecule has 2 fully saturated rings. The van der Waals surface area contributed by atoms with Crippen molar-refractivity contribution in [2.75, 3.05) is 26.2 Å². The molecule has 0 radical (unpaired) electrons. The van der Waals surface area contributed by atoms with Crippen LogP contribution >= 0.6 is 0 Å². The molecule has 0 aliphatic carbocycles. The van der Waals surface area contributed by atoms with Gasteiger partial charge in [-0.25, -0.2) is 4.98 Å². The number of oxazole rings is 1. The van der Waals surface area contributed by atoms with E-state index in [0.29, 0.717) is 51.0 Å². The number of aromatic nitrogens is 1. The fourth-order valence-corrected chi connectivity index (χ4v) is 3.49. The molecule has 26 heavy (non-hydrogen) atoms. The summed E-state index contributed by atoms with van der Waals surface area (Å²) in [5, 5.41) is 2.71. The Morgan fingerprint density at radius 1 is 1.19 bits per heavy atom. The van der Waals surface area contributed by atoms with Crippen LogP contribution in [0.5, 0.6) is 0 Å². The van der Waals surface area contributed by atoms with Crippen LogP contribution in [0.2, 0.25) is 0 Å². The van der Waals surface area contributed by atoms with Crippen LogP contribution in [0.25, 0.3) is 11.1 Å². The summed E-state index contributed by atoms with van der Waals surface area (Å²) in [6.07, 6.45) is 2.65. The van der Waals surface area contributed by atoms with Crippen molar-refractivity contribution < 1.29 is 18.8 Å². The molecular formula is C18H20N4O4. The first kappa shape index (κ1) is 16.6. The highest BCUT2D eigenvalue weighted by Crippen LogP contribution is 2.16. The monoisotopic (exact) mass is 356 g/mol. The topological polar surface area (TPSA) is 95.8 Å². The SMILES string of the molecule is O=C1CCC(C(=O)N2CCN(C(=O)Cc3ccc4ncoc4c3)CC2)N1. The lowest BCUT2D eigenvalue weighted by molar-refractivity contribution is -0.140. The van der Waals surface area contributed by atoms with E-state index in [0.717, 1.165) is 11.1 Å². The summed E-state index contributed by atoms with van der Waals surface area (Å²) >= 11 is 0. The van der Waals surface area contributed by atoms with E-state index >= 15 is 0 Å². The largest absolute Gasteiger partial charge is 0.443 e. The van der Waals surface area contributed by atoms with Crippen molar-refractivity contribution in [3.63, 3.8) is 0 Å². The Kier molecular flexibility index (Phi) is 4.32. The lowest BCUT2D eigenvalue weighted by Crippen LogP contribution is -2.54. The predicted molar refractivity (Wildman–Crippen MR) is 92.0 cm³/mol. The van der Waals surface area contributed by atoms with E-state index in [1.54, 1.807) is 9.80 Å². The van der Waals surface area contributed by atoms with Gasteiger partial charge in [0.1, 0.15) is 11.6 Å². The summed E-state index contributed by atoms with van der Waals surface area (Å²) in [6.45, 7) is 2.02. The first-order chi connectivity index (χ1) is 12.6. The zero-order valence-corrected chi connectivity index (χ0v) is 14.3. The van der Waals surface area contributed by atoms with Gasteiger partial charge in [0.05, 0.1) is 6.42 Å². The summed E-state index contributed by atoms with van der Waals surface area (Å²) in [5.74, 6) is -0.0789. The molecule has 2 saturated heterocycles. The molecule has 0 bridgehead atoms. The molecule has 8 nitrogen and oxygen atoms in total. The van der Waals surface area contributed by atoms with Gasteiger partial charge >= 0.3 is 0 Å². The number of hydrogen-bond acceptors (Lipinski definition) is 5. The highest BCUT2D eigenvalue weighted by Gasteiger charge is 2.32. The third-order valence-electron chi connectivity index (χ3n) is 4.99. The molecule has 3 heterocycles. The van der Waals surface area contributed by atoms with Gasteiger partial charge in [-0.15, -0.1) is 0 Å². The van der Waals surface area contributed by atoms with Crippen molar-refractivity contribution in [1.82, 2.24) is 20.1 Å². The van der Waals surface area contributed by atoms with Crippen LogP contribution in [0.4, 0.5) is 0 Å². The minimum atomic E-state index is -0.404. The maximum atomic E-state index is 12.5. The predicted octanol–water partition coefficient (Wildman–Crippen LogP) is 0.320. The zero-order chi connectivity index (χ0) is 18.1. The third-order valence-corrected chi connectivity index (χ3v) is 4.99. The summed E-state index contributed by atoms with van der Waals surface area (Å²) in [4.78, 5) is 43.8. The standard InChI is InChI=1S/C18H20N4O4/c23-16-4-3-14(20-16)18(25)22-7-5-21(6-8-22)17(24)10-12-1-2-13-15(9-12)26-11-19-13/h1-2,9,11,14H,3-8,10H2,(H,20,23). The second kappa shape index (κ2) is 6.78. The summed E-state index contributed by atoms with van der Waals surface area (Å²) < 4.78 is 5.27. The van der Waals surface area contributed by atoms with Crippen molar-refractivity contribution in [2.24, 2.45) is 0 Å². The minimum absolute atomic E-state index is 0.0325. The van der Waals surface area contributed by atoms with E-state index in [-0.39, 0.29) is 17.7 Å². The van der Waals surface area contributed by atoms with E-state index in [1.165, 1.54) is 6.39 Å². The summed E-state index contributed by atoms with van der Waals surface area (Å²) in [5.41, 5.74) is 2.32. The molecule has 0 spiro atoms. The molecule has 1 atom stereocenters. The Labute approximate surface area is 150 Å². The fourth-order valence-electron chi connectivity index (χ4n) is 3.49. The Morgan fingerprint density at radius 3 is 2.69 bits per heavy atom. The molecule has 2 aliphatic heterocycles. The maximum Gasteiger partial charge on any atom is 0.245 e. The number of carbonyl (C=O) groups excluding carboxylic acids is 3. The van der Waals surface area contributed by atoms with Crippen molar-refractivity contribution in [3.8, 4) is 0 Å². The highest BCUT2D eigenvalue weighted by molar-refractivity contribution is 5.91. The number of rotatable bonds is 3. The Hall–Kier alpha value is -2.90. The molecule has 2 aliphatic rings. The highest BCUT2D eigenvalue weighted by atomic mass is 16.3. The quantitative estimate of drug-likeness (QED) is 0.854. The van der Waals surface area contributed by atoms with E-state index < -0.39 is 6.04 Å². The molecule has 0 saturated carbocycles. The number of piperazine rings is 1. The molecule has 4 rings (SSSR count). The number of nitrogens with zero attached hydrogens (tertiary/aromatic N) is 3. The molecule has 3 amide bonds. The van der Waals surface area contributed by atoms with E-state index in [9.17, 15) is 14.4 Å². The van der Waals surface area contributed by atoms with Gasteiger partial charge in [-0.05, 0) is 24.1 Å². The maximum absolute atomic E-state index is 12.5. The van der Waals surface area contributed by atoms with Crippen LogP contribution in [0.15, 0.2) is 29.0 Å². The Balaban J connectivity index is 1.31. The molecule has 1 aromatic carbocycles. The van der Waals surface area contributed by atoms with Gasteiger partial charge < -0.3 is 19.5 Å². The number of amides is 3. The third kappa shape index (κ3) is 3.26. The zero-order valence-electron chi connectivity index (χ0n) is 14.3. The molecule has 136 valence electrons. The number of hydrogen-bond donors (Lipinski definition) is 1. The summed E-state index contributed by atoms with van der Waals surface area (Å²) in [7, 11) is 0. The fraction of sp³-hybridized carbons (Fsp3) is 0.444. The number of nitrogens with one attached hydrogen (secondary N) is 1. The first-order valence-corrected chi connectivity index (χ1v) is 8.78. The van der Waals surface area contributed by atoms with Gasteiger partial charge in [-0.3, -0.25) is 14.4 Å². The van der Waals surface area contributed by atoms with Gasteiger partial charge in [-0.1, -0.05) is 6.07 Å². The molecule has 1 aromatic heterocycles. The van der Waals surface area contributed by atoms with Gasteiger partial charge in [0, 0.05) is 32.6 Å². The van der Waals surface area contributed by atoms with E-state index in [4.69, 9.17) is 4.42 Å². The van der Waals surface area contributed by atoms with Crippen LogP contribution in [-0.2, 0) is 20.8 Å². The van der Waals surface area contributed by atoms with E-state index in [1.807, 2.05) is 18.2 Å². The van der Waals surface area contributed by atoms with Gasteiger partial charge in [0.2, 0.25) is 17.7 Å². The van der Waals surface area contributed by atoms with Crippen LogP contribution in [-0.4, -0.2) is 64.7 Å². The Bertz CT molecular complexity index is 854. The minimum Gasteiger partial charge on any atom is -0.443 e. The van der Waals surface area contributed by atoms with Crippen molar-refractivity contribution in [3.05, 3.63) is 30.2 Å². The second-order valence-electron chi connectivity index (χ2n) is 6.70. The van der Waals surface area contributed by atoms with Crippen molar-refractivity contribution in [1.29, 1.82) is 0 Å². The molecular weight excluding hydrogens is 336 g/mol. The molecule has 8 heteroatoms. The molecule has 1 N–H and O–H groups in total. The van der Waals surface area contributed by atoms with Crippen molar-refractivity contribution >= 4 is 28.8 Å². The van der Waals surface area contributed by atoms with Gasteiger partial charge in [0.15, 0.2) is 12.0 Å². The van der Waals surface area contributed by atoms with E-state index in [2.05, 4.69) is 10.3 Å². The summed E-state index contributed by atoms with van der Waals surface area (Å²) in [6, 6.07) is 5.15. The molecule has 1 unspecified atom stereocenters. The second-order valence-corrected chi connectivity index (χ2v) is 6.70.